The number of aliphatic hydroxyl groups is 1. The minimum absolute atomic E-state index is 0.124. The number of pyridine rings is 2. The molecule has 0 bridgehead atoms. The van der Waals surface area contributed by atoms with Gasteiger partial charge in [0.1, 0.15) is 12.0 Å². The van der Waals surface area contributed by atoms with Gasteiger partial charge in [-0.2, -0.15) is 0 Å². The fraction of sp³-hybridized carbons (Fsp3) is 0.318. The van der Waals surface area contributed by atoms with E-state index in [0.717, 1.165) is 40.6 Å². The number of benzene rings is 1. The topological polar surface area (TPSA) is 108 Å². The maximum atomic E-state index is 12.7. The molecule has 2 heterocycles. The van der Waals surface area contributed by atoms with Crippen LogP contribution in [0.4, 0.5) is 5.69 Å². The summed E-state index contributed by atoms with van der Waals surface area (Å²) in [5, 5.41) is 19.6. The van der Waals surface area contributed by atoms with Crippen molar-refractivity contribution in [1.82, 2.24) is 20.6 Å². The Morgan fingerprint density at radius 1 is 1.20 bits per heavy atom. The van der Waals surface area contributed by atoms with Gasteiger partial charge in [0.05, 0.1) is 29.6 Å². The SMILES string of the molecule is CNc1c(C(=O)NC2CC2)cnc2cc(OC)c(-c3ccc(C(O)NC)nc3)cc12. The van der Waals surface area contributed by atoms with Crippen molar-refractivity contribution in [3.05, 3.63) is 47.9 Å². The van der Waals surface area contributed by atoms with E-state index in [1.807, 2.05) is 18.2 Å². The lowest BCUT2D eigenvalue weighted by atomic mass is 10.0. The van der Waals surface area contributed by atoms with Crippen LogP contribution in [0.3, 0.4) is 0 Å². The Hall–Kier alpha value is -3.23. The Morgan fingerprint density at radius 2 is 2.00 bits per heavy atom. The first-order valence-corrected chi connectivity index (χ1v) is 9.86. The van der Waals surface area contributed by atoms with E-state index in [2.05, 4.69) is 25.9 Å². The van der Waals surface area contributed by atoms with Crippen molar-refractivity contribution in [3.63, 3.8) is 0 Å². The van der Waals surface area contributed by atoms with Crippen LogP contribution in [0.1, 0.15) is 35.1 Å². The Balaban J connectivity index is 1.81. The van der Waals surface area contributed by atoms with Crippen LogP contribution < -0.4 is 20.7 Å². The molecule has 1 aliphatic rings. The van der Waals surface area contributed by atoms with Crippen LogP contribution in [0, 0.1) is 0 Å². The third-order valence-electron chi connectivity index (χ3n) is 5.25. The molecule has 1 atom stereocenters. The maximum Gasteiger partial charge on any atom is 0.255 e. The van der Waals surface area contributed by atoms with Crippen molar-refractivity contribution in [2.75, 3.05) is 26.5 Å². The lowest BCUT2D eigenvalue weighted by molar-refractivity contribution is 0.0951. The highest BCUT2D eigenvalue weighted by Gasteiger charge is 2.26. The highest BCUT2D eigenvalue weighted by Crippen LogP contribution is 2.37. The summed E-state index contributed by atoms with van der Waals surface area (Å²) in [6, 6.07) is 7.71. The van der Waals surface area contributed by atoms with Crippen molar-refractivity contribution in [2.45, 2.75) is 25.1 Å². The molecule has 8 nitrogen and oxygen atoms in total. The number of amides is 1. The number of nitrogens with zero attached hydrogens (tertiary/aromatic N) is 2. The summed E-state index contributed by atoms with van der Waals surface area (Å²) in [4.78, 5) is 21.5. The minimum atomic E-state index is -0.829. The third kappa shape index (κ3) is 3.79. The largest absolute Gasteiger partial charge is 0.496 e. The third-order valence-corrected chi connectivity index (χ3v) is 5.25. The minimum Gasteiger partial charge on any atom is -0.496 e. The van der Waals surface area contributed by atoms with E-state index in [4.69, 9.17) is 4.74 Å². The average molecular weight is 407 g/mol. The van der Waals surface area contributed by atoms with E-state index in [0.29, 0.717) is 17.0 Å². The van der Waals surface area contributed by atoms with Crippen molar-refractivity contribution >= 4 is 22.5 Å². The molecule has 4 rings (SSSR count). The molecule has 1 aromatic carbocycles. The predicted octanol–water partition coefficient (Wildman–Crippen LogP) is 2.45. The van der Waals surface area contributed by atoms with E-state index in [9.17, 15) is 9.90 Å². The Labute approximate surface area is 174 Å². The fourth-order valence-corrected chi connectivity index (χ4v) is 3.42. The van der Waals surface area contributed by atoms with Gasteiger partial charge < -0.3 is 20.5 Å². The molecule has 0 spiro atoms. The van der Waals surface area contributed by atoms with E-state index in [1.54, 1.807) is 39.7 Å². The number of ether oxygens (including phenoxy) is 1. The predicted molar refractivity (Wildman–Crippen MR) is 116 cm³/mol. The summed E-state index contributed by atoms with van der Waals surface area (Å²) in [5.41, 5.74) is 4.13. The van der Waals surface area contributed by atoms with Gasteiger partial charge in [-0.25, -0.2) is 0 Å². The lowest BCUT2D eigenvalue weighted by Gasteiger charge is -2.16. The molecule has 1 aliphatic carbocycles. The number of nitrogens with one attached hydrogen (secondary N) is 3. The van der Waals surface area contributed by atoms with Crippen molar-refractivity contribution < 1.29 is 14.6 Å². The second-order valence-electron chi connectivity index (χ2n) is 7.28. The molecule has 156 valence electrons. The van der Waals surface area contributed by atoms with Crippen LogP contribution in [0.5, 0.6) is 5.75 Å². The van der Waals surface area contributed by atoms with Crippen molar-refractivity contribution in [3.8, 4) is 16.9 Å². The Kier molecular flexibility index (Phi) is 5.52. The first-order chi connectivity index (χ1) is 14.5. The number of carbonyl (C=O) groups excluding carboxylic acids is 1. The summed E-state index contributed by atoms with van der Waals surface area (Å²) in [5.74, 6) is 0.525. The zero-order valence-corrected chi connectivity index (χ0v) is 17.2. The Morgan fingerprint density at radius 3 is 2.60 bits per heavy atom. The standard InChI is InChI=1S/C22H25N5O3/c1-23-20-15-8-14(12-4-7-17(25-10-12)22(29)24-2)19(30-3)9-18(15)26-11-16(20)21(28)27-13-5-6-13/h4,7-11,13,22,24,29H,5-6H2,1-3H3,(H,23,26)(H,27,28). The van der Waals surface area contributed by atoms with Crippen LogP contribution in [0.25, 0.3) is 22.0 Å². The molecule has 0 radical (unpaired) electrons. The summed E-state index contributed by atoms with van der Waals surface area (Å²) in [7, 11) is 5.06. The molecule has 30 heavy (non-hydrogen) atoms. The second-order valence-corrected chi connectivity index (χ2v) is 7.28. The van der Waals surface area contributed by atoms with Gasteiger partial charge in [0.25, 0.3) is 5.91 Å². The summed E-state index contributed by atoms with van der Waals surface area (Å²) in [6.07, 6.45) is 4.50. The summed E-state index contributed by atoms with van der Waals surface area (Å²) >= 11 is 0. The maximum absolute atomic E-state index is 12.7. The van der Waals surface area contributed by atoms with Crippen molar-refractivity contribution in [2.24, 2.45) is 0 Å². The number of carbonyl (C=O) groups is 1. The zero-order valence-electron chi connectivity index (χ0n) is 17.2. The van der Waals surface area contributed by atoms with Crippen LogP contribution in [0.2, 0.25) is 0 Å². The molecule has 1 amide bonds. The molecule has 4 N–H and O–H groups in total. The van der Waals surface area contributed by atoms with E-state index < -0.39 is 6.23 Å². The number of hydrogen-bond donors (Lipinski definition) is 4. The number of methoxy groups -OCH3 is 1. The lowest BCUT2D eigenvalue weighted by Crippen LogP contribution is -2.26. The van der Waals surface area contributed by atoms with Gasteiger partial charge in [-0.15, -0.1) is 0 Å². The summed E-state index contributed by atoms with van der Waals surface area (Å²) in [6.45, 7) is 0. The van der Waals surface area contributed by atoms with Crippen LogP contribution in [-0.4, -0.2) is 48.2 Å². The molecular weight excluding hydrogens is 382 g/mol. The van der Waals surface area contributed by atoms with Gasteiger partial charge in [0, 0.05) is 48.1 Å². The normalized spacial score (nSPS) is 14.4. The van der Waals surface area contributed by atoms with Gasteiger partial charge in [0.2, 0.25) is 0 Å². The highest BCUT2D eigenvalue weighted by molar-refractivity contribution is 6.08. The quantitative estimate of drug-likeness (QED) is 0.446. The molecule has 8 heteroatoms. The van der Waals surface area contributed by atoms with Crippen LogP contribution >= 0.6 is 0 Å². The molecule has 0 saturated heterocycles. The number of fused-ring (bicyclic) bond motifs is 1. The number of rotatable bonds is 7. The molecule has 0 aliphatic heterocycles. The fourth-order valence-electron chi connectivity index (χ4n) is 3.42. The second kappa shape index (κ2) is 8.25. The van der Waals surface area contributed by atoms with Gasteiger partial charge in [-0.3, -0.25) is 20.1 Å². The number of anilines is 1. The molecular formula is C22H25N5O3. The zero-order chi connectivity index (χ0) is 21.3. The molecule has 3 aromatic rings. The first kappa shape index (κ1) is 20.1. The monoisotopic (exact) mass is 407 g/mol. The van der Waals surface area contributed by atoms with E-state index in [-0.39, 0.29) is 11.9 Å². The first-order valence-electron chi connectivity index (χ1n) is 9.86. The average Bonchev–Trinajstić information content (AvgIpc) is 3.60. The smallest absolute Gasteiger partial charge is 0.255 e. The molecule has 1 fully saturated rings. The van der Waals surface area contributed by atoms with Crippen LogP contribution in [-0.2, 0) is 0 Å². The van der Waals surface area contributed by atoms with Gasteiger partial charge in [0.15, 0.2) is 0 Å². The van der Waals surface area contributed by atoms with E-state index >= 15 is 0 Å². The highest BCUT2D eigenvalue weighted by atomic mass is 16.5. The van der Waals surface area contributed by atoms with Crippen LogP contribution in [0.15, 0.2) is 36.7 Å². The van der Waals surface area contributed by atoms with Gasteiger partial charge in [-0.05, 0) is 32.0 Å². The Bertz CT molecular complexity index is 1080. The number of aliphatic hydroxyl groups excluding tert-OH is 1. The molecule has 1 saturated carbocycles. The van der Waals surface area contributed by atoms with E-state index in [1.165, 1.54) is 0 Å². The van der Waals surface area contributed by atoms with Gasteiger partial charge in [-0.1, -0.05) is 6.07 Å². The summed E-state index contributed by atoms with van der Waals surface area (Å²) < 4.78 is 5.59. The van der Waals surface area contributed by atoms with Crippen molar-refractivity contribution in [1.29, 1.82) is 0 Å². The number of hydrogen-bond acceptors (Lipinski definition) is 7. The molecule has 2 aromatic heterocycles. The molecule has 1 unspecified atom stereocenters. The number of aromatic nitrogens is 2. The van der Waals surface area contributed by atoms with Gasteiger partial charge >= 0.3 is 0 Å².